The highest BCUT2D eigenvalue weighted by Crippen LogP contribution is 2.31. The third kappa shape index (κ3) is 5.16. The first kappa shape index (κ1) is 20.0. The molecule has 0 aliphatic carbocycles. The van der Waals surface area contributed by atoms with Crippen molar-refractivity contribution in [2.75, 3.05) is 38.2 Å². The van der Waals surface area contributed by atoms with Gasteiger partial charge in [0.15, 0.2) is 12.6 Å². The van der Waals surface area contributed by atoms with Crippen molar-refractivity contribution in [2.24, 2.45) is 4.99 Å². The Kier molecular flexibility index (Phi) is 7.14. The summed E-state index contributed by atoms with van der Waals surface area (Å²) in [5.74, 6) is 1.48. The average Bonchev–Trinajstić information content (AvgIpc) is 2.72. The lowest BCUT2D eigenvalue weighted by atomic mass is 10.1. The Morgan fingerprint density at radius 3 is 2.71 bits per heavy atom. The van der Waals surface area contributed by atoms with Crippen LogP contribution in [0.25, 0.3) is 0 Å². The molecule has 1 aliphatic heterocycles. The number of hydrogen-bond donors (Lipinski definition) is 2. The average molecular weight is 401 g/mol. The van der Waals surface area contributed by atoms with Gasteiger partial charge in [0.05, 0.1) is 5.69 Å². The van der Waals surface area contributed by atoms with Crippen LogP contribution in [0.5, 0.6) is 5.75 Å². The van der Waals surface area contributed by atoms with Crippen molar-refractivity contribution in [3.05, 3.63) is 59.1 Å². The number of carbonyl (C=O) groups is 1. The second-order valence-corrected chi connectivity index (χ2v) is 6.83. The van der Waals surface area contributed by atoms with Crippen LogP contribution in [-0.2, 0) is 11.2 Å². The summed E-state index contributed by atoms with van der Waals surface area (Å²) in [4.78, 5) is 18.2. The maximum Gasteiger partial charge on any atom is 0.265 e. The van der Waals surface area contributed by atoms with E-state index in [2.05, 4.69) is 15.6 Å². The molecule has 0 spiro atoms. The van der Waals surface area contributed by atoms with Crippen molar-refractivity contribution in [1.29, 1.82) is 0 Å². The smallest absolute Gasteiger partial charge is 0.265 e. The summed E-state index contributed by atoms with van der Waals surface area (Å²) in [6.07, 6.45) is 1.62. The van der Waals surface area contributed by atoms with Crippen LogP contribution in [0, 0.1) is 0 Å². The summed E-state index contributed by atoms with van der Waals surface area (Å²) in [5.41, 5.74) is 1.94. The van der Waals surface area contributed by atoms with Crippen molar-refractivity contribution in [2.45, 2.75) is 12.8 Å². The Balaban J connectivity index is 1.41. The number of benzene rings is 2. The molecule has 6 nitrogen and oxygen atoms in total. The summed E-state index contributed by atoms with van der Waals surface area (Å²) in [5, 5.41) is 7.35. The van der Waals surface area contributed by atoms with Gasteiger partial charge < -0.3 is 20.3 Å². The van der Waals surface area contributed by atoms with Gasteiger partial charge in [-0.2, -0.15) is 0 Å². The van der Waals surface area contributed by atoms with E-state index < -0.39 is 0 Å². The maximum absolute atomic E-state index is 12.2. The van der Waals surface area contributed by atoms with E-state index in [1.165, 1.54) is 0 Å². The number of halogens is 1. The molecule has 0 fully saturated rings. The van der Waals surface area contributed by atoms with Crippen LogP contribution in [0.2, 0.25) is 5.02 Å². The molecule has 0 saturated heterocycles. The van der Waals surface area contributed by atoms with E-state index in [1.54, 1.807) is 11.9 Å². The molecule has 0 aromatic heterocycles. The lowest BCUT2D eigenvalue weighted by Crippen LogP contribution is -2.42. The van der Waals surface area contributed by atoms with Crippen LogP contribution in [0.3, 0.4) is 0 Å². The lowest BCUT2D eigenvalue weighted by molar-refractivity contribution is -0.121. The van der Waals surface area contributed by atoms with Crippen LogP contribution in [0.4, 0.5) is 5.69 Å². The van der Waals surface area contributed by atoms with Crippen LogP contribution in [0.1, 0.15) is 12.0 Å². The molecule has 1 amide bonds. The van der Waals surface area contributed by atoms with E-state index in [9.17, 15) is 4.79 Å². The lowest BCUT2D eigenvalue weighted by Gasteiger charge is -2.29. The van der Waals surface area contributed by atoms with Gasteiger partial charge >= 0.3 is 0 Å². The molecule has 2 aromatic rings. The summed E-state index contributed by atoms with van der Waals surface area (Å²) < 4.78 is 5.47. The van der Waals surface area contributed by atoms with Gasteiger partial charge in [-0.05, 0) is 36.6 Å². The van der Waals surface area contributed by atoms with Crippen LogP contribution in [-0.4, -0.2) is 45.2 Å². The molecule has 2 N–H and O–H groups in total. The molecule has 0 unspecified atom stereocenters. The van der Waals surface area contributed by atoms with Crippen LogP contribution in [0.15, 0.2) is 53.5 Å². The van der Waals surface area contributed by atoms with Crippen molar-refractivity contribution in [3.8, 4) is 5.75 Å². The Labute approximate surface area is 170 Å². The minimum Gasteiger partial charge on any atom is -0.482 e. The highest BCUT2D eigenvalue weighted by Gasteiger charge is 2.24. The Hall–Kier alpha value is -2.73. The highest BCUT2D eigenvalue weighted by molar-refractivity contribution is 6.31. The number of aliphatic imine (C=N–C) groups is 1. The number of ether oxygens (including phenoxy) is 1. The van der Waals surface area contributed by atoms with E-state index in [1.807, 2.05) is 48.5 Å². The van der Waals surface area contributed by atoms with Crippen molar-refractivity contribution in [3.63, 3.8) is 0 Å². The second-order valence-electron chi connectivity index (χ2n) is 6.42. The molecule has 0 atom stereocenters. The largest absolute Gasteiger partial charge is 0.482 e. The molecule has 1 aliphatic rings. The molecule has 0 bridgehead atoms. The van der Waals surface area contributed by atoms with Crippen molar-refractivity contribution >= 4 is 29.2 Å². The fourth-order valence-corrected chi connectivity index (χ4v) is 3.31. The maximum atomic E-state index is 12.2. The number of nitrogens with zero attached hydrogens (tertiary/aromatic N) is 2. The van der Waals surface area contributed by atoms with Crippen molar-refractivity contribution < 1.29 is 9.53 Å². The van der Waals surface area contributed by atoms with Gasteiger partial charge in [-0.3, -0.25) is 9.79 Å². The predicted molar refractivity (Wildman–Crippen MR) is 113 cm³/mol. The van der Waals surface area contributed by atoms with Crippen molar-refractivity contribution in [1.82, 2.24) is 10.6 Å². The molecule has 148 valence electrons. The Bertz CT molecular complexity index is 841. The van der Waals surface area contributed by atoms with Gasteiger partial charge in [0, 0.05) is 31.7 Å². The molecule has 0 radical (unpaired) electrons. The first-order chi connectivity index (χ1) is 13.7. The Morgan fingerprint density at radius 2 is 1.89 bits per heavy atom. The SMILES string of the molecule is CN=C(NCCCN1C(=O)COc2ccccc21)NCCc1ccccc1Cl. The highest BCUT2D eigenvalue weighted by atomic mass is 35.5. The van der Waals surface area contributed by atoms with Crippen LogP contribution < -0.4 is 20.3 Å². The standard InChI is InChI=1S/C21H25ClN4O2/c1-23-21(25-13-11-16-7-2-3-8-17(16)22)24-12-6-14-26-18-9-4-5-10-19(18)28-15-20(26)27/h2-5,7-10H,6,11-15H2,1H3,(H2,23,24,25). The van der Waals surface area contributed by atoms with Gasteiger partial charge in [0.1, 0.15) is 5.75 Å². The minimum atomic E-state index is -0.0130. The minimum absolute atomic E-state index is 0.0130. The summed E-state index contributed by atoms with van der Waals surface area (Å²) in [6.45, 7) is 2.16. The Morgan fingerprint density at radius 1 is 1.14 bits per heavy atom. The predicted octanol–water partition coefficient (Wildman–Crippen LogP) is 2.86. The third-order valence-corrected chi connectivity index (χ3v) is 4.90. The summed E-state index contributed by atoms with van der Waals surface area (Å²) >= 11 is 6.18. The molecule has 3 rings (SSSR count). The number of guanidine groups is 1. The molecule has 1 heterocycles. The zero-order chi connectivity index (χ0) is 19.8. The van der Waals surface area contributed by atoms with Gasteiger partial charge in [0.25, 0.3) is 5.91 Å². The first-order valence-corrected chi connectivity index (χ1v) is 9.77. The zero-order valence-corrected chi connectivity index (χ0v) is 16.7. The topological polar surface area (TPSA) is 66.0 Å². The van der Waals surface area contributed by atoms with E-state index in [0.29, 0.717) is 13.1 Å². The van der Waals surface area contributed by atoms with Gasteiger partial charge in [-0.25, -0.2) is 0 Å². The number of anilines is 1. The quantitative estimate of drug-likeness (QED) is 0.426. The summed E-state index contributed by atoms with van der Waals surface area (Å²) in [6, 6.07) is 15.5. The molecular formula is C21H25ClN4O2. The zero-order valence-electron chi connectivity index (χ0n) is 16.0. The van der Waals surface area contributed by atoms with E-state index >= 15 is 0 Å². The fraction of sp³-hybridized carbons (Fsp3) is 0.333. The molecule has 7 heteroatoms. The molecule has 28 heavy (non-hydrogen) atoms. The second kappa shape index (κ2) is 9.99. The first-order valence-electron chi connectivity index (χ1n) is 9.39. The van der Waals surface area contributed by atoms with E-state index in [-0.39, 0.29) is 12.5 Å². The molecule has 2 aromatic carbocycles. The van der Waals surface area contributed by atoms with Gasteiger partial charge in [-0.15, -0.1) is 0 Å². The summed E-state index contributed by atoms with van der Waals surface area (Å²) in [7, 11) is 1.74. The number of carbonyl (C=O) groups excluding carboxylic acids is 1. The number of fused-ring (bicyclic) bond motifs is 1. The van der Waals surface area contributed by atoms with Gasteiger partial charge in [-0.1, -0.05) is 41.9 Å². The van der Waals surface area contributed by atoms with Crippen LogP contribution >= 0.6 is 11.6 Å². The number of hydrogen-bond acceptors (Lipinski definition) is 3. The van der Waals surface area contributed by atoms with E-state index in [4.69, 9.17) is 16.3 Å². The molecular weight excluding hydrogens is 376 g/mol. The number of amides is 1. The number of para-hydroxylation sites is 2. The number of nitrogens with one attached hydrogen (secondary N) is 2. The monoisotopic (exact) mass is 400 g/mol. The fourth-order valence-electron chi connectivity index (χ4n) is 3.08. The third-order valence-electron chi connectivity index (χ3n) is 4.53. The normalized spacial score (nSPS) is 13.7. The van der Waals surface area contributed by atoms with Gasteiger partial charge in [0.2, 0.25) is 0 Å². The molecule has 0 saturated carbocycles. The van der Waals surface area contributed by atoms with E-state index in [0.717, 1.165) is 47.4 Å². The number of rotatable bonds is 7.